The van der Waals surface area contributed by atoms with Crippen molar-refractivity contribution >= 4 is 15.9 Å². The summed E-state index contributed by atoms with van der Waals surface area (Å²) in [6.07, 6.45) is 2.54. The summed E-state index contributed by atoms with van der Waals surface area (Å²) >= 11 is 3.52. The zero-order chi connectivity index (χ0) is 12.3. The Labute approximate surface area is 109 Å². The molecule has 4 heteroatoms. The van der Waals surface area contributed by atoms with Crippen molar-refractivity contribution in [2.24, 2.45) is 5.73 Å². The second-order valence-corrected chi connectivity index (χ2v) is 4.72. The van der Waals surface area contributed by atoms with Gasteiger partial charge in [0.15, 0.2) is 0 Å². The maximum Gasteiger partial charge on any atom is 0.132 e. The molecule has 0 unspecified atom stereocenters. The molecule has 0 aliphatic rings. The number of aromatic nitrogens is 2. The minimum absolute atomic E-state index is 0.487. The van der Waals surface area contributed by atoms with E-state index in [4.69, 9.17) is 5.73 Å². The SMILES string of the molecule is Cc1nc(Cc2ccccc2Br)ncc1CN. The van der Waals surface area contributed by atoms with Gasteiger partial charge in [0.25, 0.3) is 0 Å². The average Bonchev–Trinajstić information content (AvgIpc) is 2.32. The predicted molar refractivity (Wildman–Crippen MR) is 71.6 cm³/mol. The number of hydrogen-bond donors (Lipinski definition) is 1. The van der Waals surface area contributed by atoms with E-state index in [0.29, 0.717) is 6.54 Å². The van der Waals surface area contributed by atoms with Crippen LogP contribution in [0.5, 0.6) is 0 Å². The van der Waals surface area contributed by atoms with Crippen molar-refractivity contribution in [1.82, 2.24) is 9.97 Å². The molecule has 0 saturated carbocycles. The van der Waals surface area contributed by atoms with Crippen LogP contribution in [0.4, 0.5) is 0 Å². The first-order valence-corrected chi connectivity index (χ1v) is 6.25. The first-order valence-electron chi connectivity index (χ1n) is 5.45. The molecule has 1 aromatic heterocycles. The van der Waals surface area contributed by atoms with E-state index >= 15 is 0 Å². The second-order valence-electron chi connectivity index (χ2n) is 3.87. The lowest BCUT2D eigenvalue weighted by atomic mass is 10.1. The number of nitrogens with two attached hydrogens (primary N) is 1. The van der Waals surface area contributed by atoms with Crippen LogP contribution in [0.3, 0.4) is 0 Å². The third-order valence-corrected chi connectivity index (χ3v) is 3.43. The number of hydrogen-bond acceptors (Lipinski definition) is 3. The zero-order valence-electron chi connectivity index (χ0n) is 9.65. The predicted octanol–water partition coefficient (Wildman–Crippen LogP) is 2.60. The highest BCUT2D eigenvalue weighted by Gasteiger charge is 2.05. The highest BCUT2D eigenvalue weighted by atomic mass is 79.9. The van der Waals surface area contributed by atoms with E-state index in [-0.39, 0.29) is 0 Å². The van der Waals surface area contributed by atoms with Gasteiger partial charge in [0, 0.05) is 34.9 Å². The lowest BCUT2D eigenvalue weighted by Gasteiger charge is -2.06. The van der Waals surface area contributed by atoms with Crippen LogP contribution < -0.4 is 5.73 Å². The van der Waals surface area contributed by atoms with E-state index < -0.39 is 0 Å². The molecule has 1 aromatic carbocycles. The van der Waals surface area contributed by atoms with E-state index in [1.165, 1.54) is 5.56 Å². The molecule has 0 aliphatic heterocycles. The van der Waals surface area contributed by atoms with Crippen LogP contribution in [0.15, 0.2) is 34.9 Å². The summed E-state index contributed by atoms with van der Waals surface area (Å²) in [7, 11) is 0. The maximum atomic E-state index is 5.59. The van der Waals surface area contributed by atoms with E-state index in [1.54, 1.807) is 0 Å². The normalized spacial score (nSPS) is 10.5. The van der Waals surface area contributed by atoms with Gasteiger partial charge in [-0.25, -0.2) is 9.97 Å². The number of aryl methyl sites for hydroxylation is 1. The van der Waals surface area contributed by atoms with Gasteiger partial charge in [-0.15, -0.1) is 0 Å². The Hall–Kier alpha value is -1.26. The Morgan fingerprint density at radius 3 is 2.65 bits per heavy atom. The fraction of sp³-hybridized carbons (Fsp3) is 0.231. The summed E-state index contributed by atoms with van der Waals surface area (Å²) in [4.78, 5) is 8.80. The second kappa shape index (κ2) is 5.38. The smallest absolute Gasteiger partial charge is 0.132 e. The minimum Gasteiger partial charge on any atom is -0.326 e. The van der Waals surface area contributed by atoms with Crippen LogP contribution in [0, 0.1) is 6.92 Å². The number of halogens is 1. The van der Waals surface area contributed by atoms with Crippen LogP contribution in [0.2, 0.25) is 0 Å². The summed E-state index contributed by atoms with van der Waals surface area (Å²) < 4.78 is 1.09. The first kappa shape index (κ1) is 12.2. The third-order valence-electron chi connectivity index (χ3n) is 2.66. The molecule has 0 aliphatic carbocycles. The zero-order valence-corrected chi connectivity index (χ0v) is 11.2. The Morgan fingerprint density at radius 1 is 1.24 bits per heavy atom. The van der Waals surface area contributed by atoms with E-state index in [9.17, 15) is 0 Å². The summed E-state index contributed by atoms with van der Waals surface area (Å²) in [5, 5.41) is 0. The quantitative estimate of drug-likeness (QED) is 0.946. The molecule has 0 fully saturated rings. The van der Waals surface area contributed by atoms with Crippen molar-refractivity contribution in [3.63, 3.8) is 0 Å². The van der Waals surface area contributed by atoms with Crippen LogP contribution in [-0.4, -0.2) is 9.97 Å². The van der Waals surface area contributed by atoms with Gasteiger partial charge in [0.1, 0.15) is 5.82 Å². The molecular formula is C13H14BrN3. The van der Waals surface area contributed by atoms with Gasteiger partial charge in [-0.05, 0) is 18.6 Å². The molecule has 2 rings (SSSR count). The number of benzene rings is 1. The average molecular weight is 292 g/mol. The minimum atomic E-state index is 0.487. The Bertz CT molecular complexity index is 526. The molecule has 2 N–H and O–H groups in total. The Kier molecular flexibility index (Phi) is 3.86. The van der Waals surface area contributed by atoms with Crippen molar-refractivity contribution in [2.75, 3.05) is 0 Å². The van der Waals surface area contributed by atoms with Gasteiger partial charge in [-0.2, -0.15) is 0 Å². The van der Waals surface area contributed by atoms with Crippen molar-refractivity contribution < 1.29 is 0 Å². The monoisotopic (exact) mass is 291 g/mol. The number of rotatable bonds is 3. The molecule has 0 amide bonds. The Balaban J connectivity index is 2.25. The molecule has 0 bridgehead atoms. The molecular weight excluding hydrogens is 278 g/mol. The summed E-state index contributed by atoms with van der Waals surface area (Å²) in [5.41, 5.74) is 8.74. The molecule has 2 aromatic rings. The molecule has 3 nitrogen and oxygen atoms in total. The van der Waals surface area contributed by atoms with Crippen LogP contribution in [0.1, 0.15) is 22.6 Å². The van der Waals surface area contributed by atoms with Gasteiger partial charge < -0.3 is 5.73 Å². The van der Waals surface area contributed by atoms with E-state index in [0.717, 1.165) is 28.0 Å². The summed E-state index contributed by atoms with van der Waals surface area (Å²) in [6, 6.07) is 8.11. The molecule has 0 saturated heterocycles. The van der Waals surface area contributed by atoms with Gasteiger partial charge in [0.05, 0.1) is 0 Å². The van der Waals surface area contributed by atoms with Gasteiger partial charge >= 0.3 is 0 Å². The largest absolute Gasteiger partial charge is 0.326 e. The molecule has 17 heavy (non-hydrogen) atoms. The highest BCUT2D eigenvalue weighted by Crippen LogP contribution is 2.18. The molecule has 1 heterocycles. The molecule has 88 valence electrons. The van der Waals surface area contributed by atoms with Crippen molar-refractivity contribution in [1.29, 1.82) is 0 Å². The van der Waals surface area contributed by atoms with Crippen LogP contribution in [0.25, 0.3) is 0 Å². The molecule has 0 spiro atoms. The third kappa shape index (κ3) is 2.90. The summed E-state index contributed by atoms with van der Waals surface area (Å²) in [6.45, 7) is 2.45. The van der Waals surface area contributed by atoms with E-state index in [1.807, 2.05) is 31.3 Å². The first-order chi connectivity index (χ1) is 8.20. The topological polar surface area (TPSA) is 51.8 Å². The molecule has 0 radical (unpaired) electrons. The lowest BCUT2D eigenvalue weighted by molar-refractivity contribution is 0.893. The maximum absolute atomic E-state index is 5.59. The number of nitrogens with zero attached hydrogens (tertiary/aromatic N) is 2. The van der Waals surface area contributed by atoms with Crippen molar-refractivity contribution in [3.8, 4) is 0 Å². The highest BCUT2D eigenvalue weighted by molar-refractivity contribution is 9.10. The fourth-order valence-corrected chi connectivity index (χ4v) is 2.06. The van der Waals surface area contributed by atoms with Gasteiger partial charge in [-0.3, -0.25) is 0 Å². The fourth-order valence-electron chi connectivity index (χ4n) is 1.64. The van der Waals surface area contributed by atoms with Crippen LogP contribution in [-0.2, 0) is 13.0 Å². The van der Waals surface area contributed by atoms with Crippen molar-refractivity contribution in [2.45, 2.75) is 19.9 Å². The standard InChI is InChI=1S/C13H14BrN3/c1-9-11(7-15)8-16-13(17-9)6-10-4-2-3-5-12(10)14/h2-5,8H,6-7,15H2,1H3. The van der Waals surface area contributed by atoms with E-state index in [2.05, 4.69) is 32.0 Å². The lowest BCUT2D eigenvalue weighted by Crippen LogP contribution is -2.05. The van der Waals surface area contributed by atoms with Gasteiger partial charge in [-0.1, -0.05) is 34.1 Å². The van der Waals surface area contributed by atoms with Crippen LogP contribution >= 0.6 is 15.9 Å². The van der Waals surface area contributed by atoms with Gasteiger partial charge in [0.2, 0.25) is 0 Å². The Morgan fingerprint density at radius 2 is 2.00 bits per heavy atom. The van der Waals surface area contributed by atoms with Crippen molar-refractivity contribution in [3.05, 3.63) is 57.6 Å². The summed E-state index contributed by atoms with van der Waals surface area (Å²) in [5.74, 6) is 0.826. The molecule has 0 atom stereocenters.